The summed E-state index contributed by atoms with van der Waals surface area (Å²) in [7, 11) is 0. The molecule has 1 aliphatic rings. The Kier molecular flexibility index (Phi) is 7.53. The molecule has 0 saturated carbocycles. The van der Waals surface area contributed by atoms with Crippen LogP contribution in [0.2, 0.25) is 0 Å². The molecule has 0 bridgehead atoms. The van der Waals surface area contributed by atoms with Gasteiger partial charge < -0.3 is 9.32 Å². The number of rotatable bonds is 6. The second kappa shape index (κ2) is 13.0. The van der Waals surface area contributed by atoms with Crippen LogP contribution in [0.5, 0.6) is 0 Å². The lowest BCUT2D eigenvalue weighted by molar-refractivity contribution is 0.669. The highest BCUT2D eigenvalue weighted by atomic mass is 32.1. The molecule has 11 rings (SSSR count). The molecule has 0 spiro atoms. The molecule has 3 heteroatoms. The van der Waals surface area contributed by atoms with Crippen molar-refractivity contribution in [2.24, 2.45) is 0 Å². The zero-order valence-electron chi connectivity index (χ0n) is 30.0. The fourth-order valence-electron chi connectivity index (χ4n) is 8.87. The first-order chi connectivity index (χ1) is 27.3. The number of benzene rings is 8. The van der Waals surface area contributed by atoms with Crippen LogP contribution in [0.4, 0.5) is 17.1 Å². The molecular formula is C52H35NOS. The van der Waals surface area contributed by atoms with Gasteiger partial charge in [-0.2, -0.15) is 0 Å². The number of fused-ring (bicyclic) bond motifs is 7. The minimum absolute atomic E-state index is 0.248. The van der Waals surface area contributed by atoms with Crippen molar-refractivity contribution in [3.05, 3.63) is 205 Å². The summed E-state index contributed by atoms with van der Waals surface area (Å²) < 4.78 is 9.14. The van der Waals surface area contributed by atoms with Gasteiger partial charge in [0.2, 0.25) is 0 Å². The van der Waals surface area contributed by atoms with Crippen LogP contribution in [0.15, 0.2) is 192 Å². The predicted molar refractivity (Wildman–Crippen MR) is 234 cm³/mol. The summed E-state index contributed by atoms with van der Waals surface area (Å²) in [6.07, 6.45) is 5.59. The number of hydrogen-bond acceptors (Lipinski definition) is 3. The minimum atomic E-state index is 0.248. The SMILES string of the molecule is C1=Cc2cccc(-c3ccccc3N(c3ccccc3-c3cccc4c3sc3ccccc34)c3cccc4oc5ccccc5c34)c2C(c2ccccc2)C1. The molecule has 0 radical (unpaired) electrons. The van der Waals surface area contributed by atoms with Crippen molar-refractivity contribution in [2.75, 3.05) is 4.90 Å². The van der Waals surface area contributed by atoms with Crippen LogP contribution in [0.25, 0.3) is 70.4 Å². The molecule has 10 aromatic rings. The van der Waals surface area contributed by atoms with Gasteiger partial charge in [-0.25, -0.2) is 0 Å². The molecular weight excluding hydrogens is 687 g/mol. The molecule has 260 valence electrons. The van der Waals surface area contributed by atoms with Gasteiger partial charge in [0, 0.05) is 48.2 Å². The summed E-state index contributed by atoms with van der Waals surface area (Å²) in [4.78, 5) is 2.50. The van der Waals surface area contributed by atoms with Gasteiger partial charge in [0.25, 0.3) is 0 Å². The van der Waals surface area contributed by atoms with Crippen LogP contribution >= 0.6 is 11.3 Å². The largest absolute Gasteiger partial charge is 0.456 e. The molecule has 1 aliphatic carbocycles. The van der Waals surface area contributed by atoms with E-state index in [9.17, 15) is 0 Å². The lowest BCUT2D eigenvalue weighted by atomic mass is 9.78. The number of thiophene rings is 1. The van der Waals surface area contributed by atoms with Crippen LogP contribution < -0.4 is 4.90 Å². The first kappa shape index (κ1) is 31.8. The fourth-order valence-corrected chi connectivity index (χ4v) is 10.1. The molecule has 0 N–H and O–H groups in total. The van der Waals surface area contributed by atoms with E-state index < -0.39 is 0 Å². The Bertz CT molecular complexity index is 3090. The quantitative estimate of drug-likeness (QED) is 0.170. The maximum Gasteiger partial charge on any atom is 0.137 e. The molecule has 0 amide bonds. The molecule has 55 heavy (non-hydrogen) atoms. The molecule has 2 nitrogen and oxygen atoms in total. The highest BCUT2D eigenvalue weighted by Gasteiger charge is 2.28. The third-order valence-electron chi connectivity index (χ3n) is 11.3. The Morgan fingerprint density at radius 1 is 0.473 bits per heavy atom. The number of hydrogen-bond donors (Lipinski definition) is 0. The van der Waals surface area contributed by atoms with Gasteiger partial charge in [-0.3, -0.25) is 0 Å². The molecule has 0 aliphatic heterocycles. The van der Waals surface area contributed by atoms with E-state index in [1.54, 1.807) is 0 Å². The van der Waals surface area contributed by atoms with Crippen LogP contribution in [0, 0.1) is 0 Å². The van der Waals surface area contributed by atoms with Crippen molar-refractivity contribution < 1.29 is 4.42 Å². The molecule has 2 heterocycles. The van der Waals surface area contributed by atoms with Crippen molar-refractivity contribution in [3.8, 4) is 22.3 Å². The summed E-state index contributed by atoms with van der Waals surface area (Å²) in [5, 5.41) is 4.79. The fraction of sp³-hybridized carbons (Fsp3) is 0.0385. The minimum Gasteiger partial charge on any atom is -0.456 e. The highest BCUT2D eigenvalue weighted by molar-refractivity contribution is 7.26. The average molecular weight is 722 g/mol. The highest BCUT2D eigenvalue weighted by Crippen LogP contribution is 2.51. The van der Waals surface area contributed by atoms with Gasteiger partial charge in [0.1, 0.15) is 11.2 Å². The van der Waals surface area contributed by atoms with Gasteiger partial charge in [-0.05, 0) is 65.1 Å². The number of para-hydroxylation sites is 3. The first-order valence-corrected chi connectivity index (χ1v) is 19.8. The lowest BCUT2D eigenvalue weighted by Crippen LogP contribution is -2.14. The topological polar surface area (TPSA) is 16.4 Å². The van der Waals surface area contributed by atoms with Crippen molar-refractivity contribution in [1.29, 1.82) is 0 Å². The van der Waals surface area contributed by atoms with E-state index in [1.807, 2.05) is 11.3 Å². The predicted octanol–water partition coefficient (Wildman–Crippen LogP) is 15.3. The summed E-state index contributed by atoms with van der Waals surface area (Å²) in [5.74, 6) is 0.248. The molecule has 2 aromatic heterocycles. The number of allylic oxidation sites excluding steroid dienone is 1. The van der Waals surface area contributed by atoms with E-state index >= 15 is 0 Å². The van der Waals surface area contributed by atoms with Crippen LogP contribution in [-0.2, 0) is 0 Å². The van der Waals surface area contributed by atoms with Crippen LogP contribution in [0.1, 0.15) is 29.0 Å². The summed E-state index contributed by atoms with van der Waals surface area (Å²) in [5.41, 5.74) is 13.9. The Morgan fingerprint density at radius 3 is 1.93 bits per heavy atom. The molecule has 8 aromatic carbocycles. The van der Waals surface area contributed by atoms with Crippen molar-refractivity contribution >= 4 is 76.6 Å². The van der Waals surface area contributed by atoms with Crippen LogP contribution in [-0.4, -0.2) is 0 Å². The van der Waals surface area contributed by atoms with Gasteiger partial charge >= 0.3 is 0 Å². The second-order valence-corrected chi connectivity index (χ2v) is 15.4. The maximum absolute atomic E-state index is 6.54. The normalized spacial score (nSPS) is 13.9. The van der Waals surface area contributed by atoms with E-state index in [1.165, 1.54) is 59.1 Å². The standard InChI is InChI=1S/C52H35NOS/c1-2-16-34(17-3-1)36-24-12-18-35-19-13-25-40(50(35)36)37-20-4-8-28-44(37)53(46-30-15-32-48-51(46)43-23-6-10-31-47(43)54-48)45-29-9-5-21-38(45)41-26-14-27-42-39-22-7-11-33-49(39)55-52(41)42/h1-23,25-33,36H,24H2. The molecule has 1 unspecified atom stereocenters. The van der Waals surface area contributed by atoms with E-state index in [-0.39, 0.29) is 5.92 Å². The van der Waals surface area contributed by atoms with Gasteiger partial charge in [0.15, 0.2) is 0 Å². The zero-order chi connectivity index (χ0) is 36.3. The number of anilines is 3. The Balaban J connectivity index is 1.22. The Hall–Kier alpha value is -6.68. The van der Waals surface area contributed by atoms with Gasteiger partial charge in [-0.15, -0.1) is 11.3 Å². The third kappa shape index (κ3) is 5.15. The lowest BCUT2D eigenvalue weighted by Gasteiger charge is -2.32. The summed E-state index contributed by atoms with van der Waals surface area (Å²) in [6.45, 7) is 0. The second-order valence-electron chi connectivity index (χ2n) is 14.3. The van der Waals surface area contributed by atoms with E-state index in [2.05, 4.69) is 199 Å². The molecule has 0 fully saturated rings. The maximum atomic E-state index is 6.54. The number of nitrogens with zero attached hydrogens (tertiary/aromatic N) is 1. The summed E-state index contributed by atoms with van der Waals surface area (Å²) >= 11 is 1.87. The number of furan rings is 1. The Morgan fingerprint density at radius 2 is 1.07 bits per heavy atom. The van der Waals surface area contributed by atoms with Gasteiger partial charge in [-0.1, -0.05) is 158 Å². The van der Waals surface area contributed by atoms with Crippen molar-refractivity contribution in [2.45, 2.75) is 12.3 Å². The average Bonchev–Trinajstić information content (AvgIpc) is 3.83. The zero-order valence-corrected chi connectivity index (χ0v) is 30.8. The summed E-state index contributed by atoms with van der Waals surface area (Å²) in [6, 6.07) is 66.1. The van der Waals surface area contributed by atoms with Crippen LogP contribution in [0.3, 0.4) is 0 Å². The molecule has 0 saturated heterocycles. The van der Waals surface area contributed by atoms with Crippen molar-refractivity contribution in [3.63, 3.8) is 0 Å². The van der Waals surface area contributed by atoms with E-state index in [0.29, 0.717) is 0 Å². The van der Waals surface area contributed by atoms with Gasteiger partial charge in [0.05, 0.1) is 22.4 Å². The monoisotopic (exact) mass is 721 g/mol. The van der Waals surface area contributed by atoms with E-state index in [4.69, 9.17) is 4.42 Å². The van der Waals surface area contributed by atoms with E-state index in [0.717, 1.165) is 45.4 Å². The molecule has 1 atom stereocenters. The third-order valence-corrected chi connectivity index (χ3v) is 12.5. The Labute approximate surface area is 323 Å². The first-order valence-electron chi connectivity index (χ1n) is 19.0. The van der Waals surface area contributed by atoms with Crippen molar-refractivity contribution in [1.82, 2.24) is 0 Å². The smallest absolute Gasteiger partial charge is 0.137 e.